The fraction of sp³-hybridized carbons (Fsp3) is 0.125. The van der Waals surface area contributed by atoms with Crippen molar-refractivity contribution in [2.75, 3.05) is 0 Å². The zero-order chi connectivity index (χ0) is 33.3. The van der Waals surface area contributed by atoms with E-state index in [1.807, 2.05) is 6.07 Å². The molecule has 2 aliphatic carbocycles. The molecule has 0 aromatic heterocycles. The van der Waals surface area contributed by atoms with E-state index >= 15 is 0 Å². The lowest BCUT2D eigenvalue weighted by atomic mass is 9.66. The third-order valence-electron chi connectivity index (χ3n) is 11.4. The topological polar surface area (TPSA) is 20.2 Å². The minimum Gasteiger partial charge on any atom is -0.507 e. The SMILES string of the molecule is CC(c1ccc(-c2ccc(O)c3c2C(c2ccccc2)(c2ccccc2)c2ccccc2-3)cc1)c1ccc2c(c1)C(C)(C)c1ccccc1-2. The van der Waals surface area contributed by atoms with Crippen molar-refractivity contribution in [2.45, 2.75) is 37.5 Å². The molecule has 0 saturated carbocycles. The van der Waals surface area contributed by atoms with Gasteiger partial charge in [0.2, 0.25) is 0 Å². The van der Waals surface area contributed by atoms with E-state index in [1.165, 1.54) is 50.1 Å². The van der Waals surface area contributed by atoms with E-state index in [0.717, 1.165) is 27.8 Å². The summed E-state index contributed by atoms with van der Waals surface area (Å²) in [4.78, 5) is 0. The molecule has 0 bridgehead atoms. The molecule has 0 amide bonds. The van der Waals surface area contributed by atoms with E-state index in [1.54, 1.807) is 0 Å². The molecule has 7 aromatic carbocycles. The molecule has 49 heavy (non-hydrogen) atoms. The predicted molar refractivity (Wildman–Crippen MR) is 202 cm³/mol. The van der Waals surface area contributed by atoms with Crippen molar-refractivity contribution >= 4 is 0 Å². The Kier molecular flexibility index (Phi) is 6.58. The Morgan fingerprint density at radius 1 is 0.469 bits per heavy atom. The Morgan fingerprint density at radius 2 is 1.00 bits per heavy atom. The van der Waals surface area contributed by atoms with Crippen LogP contribution in [-0.2, 0) is 10.8 Å². The molecule has 7 aromatic rings. The predicted octanol–water partition coefficient (Wildman–Crippen LogP) is 11.9. The molecule has 236 valence electrons. The fourth-order valence-electron chi connectivity index (χ4n) is 8.93. The van der Waals surface area contributed by atoms with Gasteiger partial charge in [-0.05, 0) is 78.4 Å². The van der Waals surface area contributed by atoms with Gasteiger partial charge in [0.15, 0.2) is 0 Å². The Hall–Kier alpha value is -5.66. The lowest BCUT2D eigenvalue weighted by Gasteiger charge is -2.35. The second-order valence-electron chi connectivity index (χ2n) is 14.2. The van der Waals surface area contributed by atoms with Crippen LogP contribution < -0.4 is 0 Å². The Bertz CT molecular complexity index is 2320. The summed E-state index contributed by atoms with van der Waals surface area (Å²) in [5.41, 5.74) is 16.5. The molecule has 0 radical (unpaired) electrons. The lowest BCUT2D eigenvalue weighted by molar-refractivity contribution is 0.477. The van der Waals surface area contributed by atoms with E-state index in [9.17, 15) is 5.11 Å². The molecule has 0 saturated heterocycles. The fourth-order valence-corrected chi connectivity index (χ4v) is 8.93. The van der Waals surface area contributed by atoms with Crippen LogP contribution in [0.15, 0.2) is 164 Å². The van der Waals surface area contributed by atoms with E-state index in [-0.39, 0.29) is 11.3 Å². The van der Waals surface area contributed by atoms with Crippen molar-refractivity contribution in [1.82, 2.24) is 0 Å². The number of aromatic hydroxyl groups is 1. The molecule has 0 spiro atoms. The second-order valence-corrected chi connectivity index (χ2v) is 14.2. The summed E-state index contributed by atoms with van der Waals surface area (Å²) in [6.07, 6.45) is 0. The smallest absolute Gasteiger partial charge is 0.123 e. The molecule has 1 nitrogen and oxygen atoms in total. The zero-order valence-electron chi connectivity index (χ0n) is 28.1. The van der Waals surface area contributed by atoms with Crippen molar-refractivity contribution in [3.05, 3.63) is 208 Å². The minimum absolute atomic E-state index is 0.0215. The molecule has 1 N–H and O–H groups in total. The van der Waals surface area contributed by atoms with Gasteiger partial charge in [0.25, 0.3) is 0 Å². The van der Waals surface area contributed by atoms with Crippen molar-refractivity contribution in [2.24, 2.45) is 0 Å². The highest BCUT2D eigenvalue weighted by atomic mass is 16.3. The molecule has 1 unspecified atom stereocenters. The van der Waals surface area contributed by atoms with Gasteiger partial charge in [-0.25, -0.2) is 0 Å². The molecule has 9 rings (SSSR count). The third-order valence-corrected chi connectivity index (χ3v) is 11.4. The number of fused-ring (bicyclic) bond motifs is 6. The maximum Gasteiger partial charge on any atom is 0.123 e. The highest BCUT2D eigenvalue weighted by molar-refractivity contribution is 5.95. The van der Waals surface area contributed by atoms with Crippen LogP contribution in [-0.4, -0.2) is 5.11 Å². The molecular weight excluding hydrogens is 593 g/mol. The number of hydrogen-bond donors (Lipinski definition) is 1. The van der Waals surface area contributed by atoms with Gasteiger partial charge in [-0.2, -0.15) is 0 Å². The van der Waals surface area contributed by atoms with Crippen LogP contribution in [0.25, 0.3) is 33.4 Å². The number of phenolic OH excluding ortho intramolecular Hbond substituents is 1. The monoisotopic (exact) mass is 630 g/mol. The summed E-state index contributed by atoms with van der Waals surface area (Å²) in [6.45, 7) is 7.01. The van der Waals surface area contributed by atoms with Crippen molar-refractivity contribution in [3.63, 3.8) is 0 Å². The summed E-state index contributed by atoms with van der Waals surface area (Å²) in [6, 6.07) is 59.2. The van der Waals surface area contributed by atoms with Gasteiger partial charge in [-0.15, -0.1) is 0 Å². The summed E-state index contributed by atoms with van der Waals surface area (Å²) < 4.78 is 0. The van der Waals surface area contributed by atoms with Gasteiger partial charge < -0.3 is 5.11 Å². The first-order chi connectivity index (χ1) is 23.9. The summed E-state index contributed by atoms with van der Waals surface area (Å²) in [5.74, 6) is 0.549. The Balaban J connectivity index is 1.18. The molecule has 1 atom stereocenters. The largest absolute Gasteiger partial charge is 0.507 e. The molecule has 0 heterocycles. The van der Waals surface area contributed by atoms with Gasteiger partial charge in [-0.3, -0.25) is 0 Å². The standard InChI is InChI=1S/C48H38O/c1-31(34-26-27-39-38-18-10-12-20-41(38)47(2,3)43(39)30-34)32-22-24-33(25-23-32)37-28-29-44(49)45-40-19-11-13-21-42(40)48(46(37)45,35-14-6-4-7-15-35)36-16-8-5-9-17-36/h4-31,49H,1-3H3. The molecule has 0 aliphatic heterocycles. The van der Waals surface area contributed by atoms with Crippen LogP contribution in [0.4, 0.5) is 0 Å². The van der Waals surface area contributed by atoms with Crippen LogP contribution in [0.3, 0.4) is 0 Å². The molecule has 2 aliphatic rings. The summed E-state index contributed by atoms with van der Waals surface area (Å²) in [7, 11) is 0. The highest BCUT2D eigenvalue weighted by Crippen LogP contribution is 2.60. The first-order valence-corrected chi connectivity index (χ1v) is 17.3. The van der Waals surface area contributed by atoms with Crippen LogP contribution in [0.5, 0.6) is 5.75 Å². The molecule has 0 fully saturated rings. The molecule has 1 heteroatoms. The maximum atomic E-state index is 11.6. The van der Waals surface area contributed by atoms with E-state index in [4.69, 9.17) is 0 Å². The number of phenols is 1. The van der Waals surface area contributed by atoms with Crippen LogP contribution >= 0.6 is 0 Å². The maximum absolute atomic E-state index is 11.6. The first-order valence-electron chi connectivity index (χ1n) is 17.3. The first kappa shape index (κ1) is 29.5. The van der Waals surface area contributed by atoms with Crippen molar-refractivity contribution in [3.8, 4) is 39.1 Å². The Labute approximate surface area is 289 Å². The van der Waals surface area contributed by atoms with Gasteiger partial charge >= 0.3 is 0 Å². The van der Waals surface area contributed by atoms with Crippen LogP contribution in [0, 0.1) is 0 Å². The quantitative estimate of drug-likeness (QED) is 0.201. The van der Waals surface area contributed by atoms with E-state index in [0.29, 0.717) is 5.75 Å². The van der Waals surface area contributed by atoms with Crippen molar-refractivity contribution in [1.29, 1.82) is 0 Å². The zero-order valence-corrected chi connectivity index (χ0v) is 28.1. The molecular formula is C48H38O. The van der Waals surface area contributed by atoms with Crippen LogP contribution in [0.1, 0.15) is 71.2 Å². The summed E-state index contributed by atoms with van der Waals surface area (Å²) in [5, 5.41) is 11.6. The van der Waals surface area contributed by atoms with E-state index < -0.39 is 5.41 Å². The van der Waals surface area contributed by atoms with Crippen LogP contribution in [0.2, 0.25) is 0 Å². The second kappa shape index (κ2) is 10.9. The number of hydrogen-bond acceptors (Lipinski definition) is 1. The van der Waals surface area contributed by atoms with Gasteiger partial charge in [0.1, 0.15) is 5.75 Å². The van der Waals surface area contributed by atoms with Crippen molar-refractivity contribution < 1.29 is 5.11 Å². The summed E-state index contributed by atoms with van der Waals surface area (Å²) >= 11 is 0. The number of benzene rings is 7. The van der Waals surface area contributed by atoms with Gasteiger partial charge in [0, 0.05) is 16.9 Å². The van der Waals surface area contributed by atoms with E-state index in [2.05, 4.69) is 178 Å². The Morgan fingerprint density at radius 3 is 1.67 bits per heavy atom. The lowest BCUT2D eigenvalue weighted by Crippen LogP contribution is -2.29. The normalized spacial score (nSPS) is 15.2. The number of rotatable bonds is 5. The average Bonchev–Trinajstić information content (AvgIpc) is 3.59. The third kappa shape index (κ3) is 4.18. The van der Waals surface area contributed by atoms with Gasteiger partial charge in [-0.1, -0.05) is 178 Å². The minimum atomic E-state index is -0.594. The van der Waals surface area contributed by atoms with Gasteiger partial charge in [0.05, 0.1) is 5.41 Å². The highest BCUT2D eigenvalue weighted by Gasteiger charge is 2.48. The average molecular weight is 631 g/mol.